The number of benzene rings is 2. The number of hydrogen-bond acceptors (Lipinski definition) is 6. The summed E-state index contributed by atoms with van der Waals surface area (Å²) in [6.45, 7) is 1.77. The molecule has 0 radical (unpaired) electrons. The summed E-state index contributed by atoms with van der Waals surface area (Å²) in [6.07, 6.45) is 5.62. The molecule has 0 spiro atoms. The molecule has 1 aliphatic rings. The second-order valence-electron chi connectivity index (χ2n) is 7.87. The molecular formula is C26H25N3O3S. The molecule has 1 aliphatic heterocycles. The fraction of sp³-hybridized carbons (Fsp3) is 0.192. The number of esters is 1. The van der Waals surface area contributed by atoms with Gasteiger partial charge in [0.2, 0.25) is 0 Å². The van der Waals surface area contributed by atoms with E-state index in [2.05, 4.69) is 4.99 Å². The van der Waals surface area contributed by atoms with E-state index in [1.54, 1.807) is 11.5 Å². The van der Waals surface area contributed by atoms with Crippen molar-refractivity contribution < 1.29 is 9.53 Å². The highest BCUT2D eigenvalue weighted by Gasteiger charge is 2.30. The maximum absolute atomic E-state index is 13.4. The minimum atomic E-state index is -0.604. The Morgan fingerprint density at radius 3 is 2.42 bits per heavy atom. The number of ether oxygens (including phenoxy) is 1. The predicted octanol–water partition coefficient (Wildman–Crippen LogP) is 3.14. The van der Waals surface area contributed by atoms with Crippen LogP contribution in [0.4, 0.5) is 5.69 Å². The number of aromatic nitrogens is 1. The summed E-state index contributed by atoms with van der Waals surface area (Å²) in [5, 5.41) is 0. The van der Waals surface area contributed by atoms with Crippen LogP contribution in [0.3, 0.4) is 0 Å². The molecule has 0 fully saturated rings. The number of hydrogen-bond donors (Lipinski definition) is 0. The molecule has 0 N–H and O–H groups in total. The lowest BCUT2D eigenvalue weighted by Gasteiger charge is -2.21. The molecule has 168 valence electrons. The molecule has 7 heteroatoms. The molecule has 3 aromatic rings. The number of thiazole rings is 1. The first-order valence-electron chi connectivity index (χ1n) is 10.5. The average Bonchev–Trinajstić information content (AvgIpc) is 3.12. The Morgan fingerprint density at radius 2 is 1.79 bits per heavy atom. The van der Waals surface area contributed by atoms with Gasteiger partial charge >= 0.3 is 5.97 Å². The highest BCUT2D eigenvalue weighted by Crippen LogP contribution is 2.26. The van der Waals surface area contributed by atoms with E-state index < -0.39 is 12.0 Å². The molecule has 1 atom stereocenters. The molecule has 0 aliphatic carbocycles. The predicted molar refractivity (Wildman–Crippen MR) is 133 cm³/mol. The zero-order chi connectivity index (χ0) is 23.5. The van der Waals surface area contributed by atoms with Crippen LogP contribution in [0.15, 0.2) is 81.7 Å². The molecule has 0 amide bonds. The molecule has 2 heterocycles. The topological polar surface area (TPSA) is 63.9 Å². The SMILES string of the molecule is COC(=O)C1=C(C)N=c2s/c(=C/c3ccc(N(C)C)cc3)c(=O)n2[C@H]1/C=C/c1ccccc1. The van der Waals surface area contributed by atoms with Crippen molar-refractivity contribution in [1.82, 2.24) is 4.57 Å². The smallest absolute Gasteiger partial charge is 0.338 e. The number of fused-ring (bicyclic) bond motifs is 1. The Kier molecular flexibility index (Phi) is 6.42. The molecule has 6 nitrogen and oxygen atoms in total. The van der Waals surface area contributed by atoms with Crippen molar-refractivity contribution in [3.63, 3.8) is 0 Å². The van der Waals surface area contributed by atoms with E-state index in [-0.39, 0.29) is 5.56 Å². The number of anilines is 1. The fourth-order valence-corrected chi connectivity index (χ4v) is 4.76. The number of allylic oxidation sites excluding steroid dienone is 2. The van der Waals surface area contributed by atoms with Gasteiger partial charge in [0.1, 0.15) is 0 Å². The molecule has 0 bridgehead atoms. The van der Waals surface area contributed by atoms with E-state index in [0.717, 1.165) is 16.8 Å². The number of methoxy groups -OCH3 is 1. The van der Waals surface area contributed by atoms with E-state index >= 15 is 0 Å². The van der Waals surface area contributed by atoms with Gasteiger partial charge in [0.05, 0.1) is 29.0 Å². The van der Waals surface area contributed by atoms with E-state index in [0.29, 0.717) is 20.6 Å². The van der Waals surface area contributed by atoms with Crippen LogP contribution in [0.5, 0.6) is 0 Å². The number of carbonyl (C=O) groups excluding carboxylic acids is 1. The number of rotatable bonds is 5. The Morgan fingerprint density at radius 1 is 1.09 bits per heavy atom. The summed E-state index contributed by atoms with van der Waals surface area (Å²) in [7, 11) is 5.30. The summed E-state index contributed by atoms with van der Waals surface area (Å²) in [5.41, 5.74) is 3.70. The van der Waals surface area contributed by atoms with Crippen molar-refractivity contribution in [2.75, 3.05) is 26.1 Å². The Labute approximate surface area is 196 Å². The lowest BCUT2D eigenvalue weighted by Crippen LogP contribution is -2.38. The van der Waals surface area contributed by atoms with Crippen LogP contribution in [-0.2, 0) is 9.53 Å². The quantitative estimate of drug-likeness (QED) is 0.550. The highest BCUT2D eigenvalue weighted by atomic mass is 32.1. The highest BCUT2D eigenvalue weighted by molar-refractivity contribution is 7.07. The van der Waals surface area contributed by atoms with Crippen LogP contribution >= 0.6 is 11.3 Å². The van der Waals surface area contributed by atoms with E-state index in [4.69, 9.17) is 4.74 Å². The van der Waals surface area contributed by atoms with Crippen LogP contribution in [0.25, 0.3) is 12.2 Å². The summed E-state index contributed by atoms with van der Waals surface area (Å²) < 4.78 is 7.15. The van der Waals surface area contributed by atoms with Gasteiger partial charge in [0.15, 0.2) is 4.80 Å². The molecule has 0 saturated carbocycles. The number of nitrogens with zero attached hydrogens (tertiary/aromatic N) is 3. The van der Waals surface area contributed by atoms with E-state index in [9.17, 15) is 9.59 Å². The van der Waals surface area contributed by atoms with Crippen molar-refractivity contribution in [1.29, 1.82) is 0 Å². The average molecular weight is 460 g/mol. The normalized spacial score (nSPS) is 16.0. The Hall–Kier alpha value is -3.71. The summed E-state index contributed by atoms with van der Waals surface area (Å²) in [4.78, 5) is 33.2. The van der Waals surface area contributed by atoms with E-state index in [1.807, 2.05) is 91.8 Å². The largest absolute Gasteiger partial charge is 0.466 e. The maximum Gasteiger partial charge on any atom is 0.338 e. The third-order valence-electron chi connectivity index (χ3n) is 5.45. The van der Waals surface area contributed by atoms with Crippen LogP contribution in [0, 0.1) is 0 Å². The van der Waals surface area contributed by atoms with Crippen LogP contribution in [-0.4, -0.2) is 31.7 Å². The number of carbonyl (C=O) groups is 1. The van der Waals surface area contributed by atoms with Gasteiger partial charge in [0, 0.05) is 19.8 Å². The fourth-order valence-electron chi connectivity index (χ4n) is 3.70. The van der Waals surface area contributed by atoms with Crippen molar-refractivity contribution >= 4 is 35.1 Å². The van der Waals surface area contributed by atoms with Crippen LogP contribution in [0.2, 0.25) is 0 Å². The summed E-state index contributed by atoms with van der Waals surface area (Å²) in [6, 6.07) is 17.1. The lowest BCUT2D eigenvalue weighted by atomic mass is 10.0. The Balaban J connectivity index is 1.84. The molecule has 0 saturated heterocycles. The zero-order valence-corrected chi connectivity index (χ0v) is 19.8. The van der Waals surface area contributed by atoms with Crippen LogP contribution in [0.1, 0.15) is 24.1 Å². The summed E-state index contributed by atoms with van der Waals surface area (Å²) >= 11 is 1.32. The zero-order valence-electron chi connectivity index (χ0n) is 19.0. The van der Waals surface area contributed by atoms with Gasteiger partial charge in [-0.25, -0.2) is 9.79 Å². The van der Waals surface area contributed by atoms with Gasteiger partial charge in [-0.15, -0.1) is 0 Å². The third kappa shape index (κ3) is 4.59. The van der Waals surface area contributed by atoms with Crippen LogP contribution < -0.4 is 19.8 Å². The molecule has 33 heavy (non-hydrogen) atoms. The second-order valence-corrected chi connectivity index (χ2v) is 8.88. The van der Waals surface area contributed by atoms with Crippen molar-refractivity contribution in [2.45, 2.75) is 13.0 Å². The first kappa shape index (κ1) is 22.5. The van der Waals surface area contributed by atoms with Crippen molar-refractivity contribution in [3.05, 3.63) is 103 Å². The second kappa shape index (κ2) is 9.42. The lowest BCUT2D eigenvalue weighted by molar-refractivity contribution is -0.136. The monoisotopic (exact) mass is 459 g/mol. The molecular weight excluding hydrogens is 434 g/mol. The van der Waals surface area contributed by atoms with Gasteiger partial charge in [-0.2, -0.15) is 0 Å². The minimum absolute atomic E-state index is 0.188. The minimum Gasteiger partial charge on any atom is -0.466 e. The van der Waals surface area contributed by atoms with Gasteiger partial charge in [0.25, 0.3) is 5.56 Å². The van der Waals surface area contributed by atoms with Gasteiger partial charge in [-0.1, -0.05) is 66.0 Å². The van der Waals surface area contributed by atoms with Gasteiger partial charge < -0.3 is 9.64 Å². The Bertz CT molecular complexity index is 1410. The van der Waals surface area contributed by atoms with E-state index in [1.165, 1.54) is 18.4 Å². The summed E-state index contributed by atoms with van der Waals surface area (Å²) in [5.74, 6) is -0.493. The molecule has 4 rings (SSSR count). The first-order chi connectivity index (χ1) is 15.9. The van der Waals surface area contributed by atoms with Gasteiger partial charge in [-0.05, 0) is 36.3 Å². The molecule has 2 aromatic carbocycles. The maximum atomic E-state index is 13.4. The van der Waals surface area contributed by atoms with Gasteiger partial charge in [-0.3, -0.25) is 9.36 Å². The van der Waals surface area contributed by atoms with Crippen molar-refractivity contribution in [2.24, 2.45) is 4.99 Å². The standard InChI is InChI=1S/C26H25N3O3S/c1-17-23(25(31)32-4)21(15-12-18-8-6-5-7-9-18)29-24(30)22(33-26(29)27-17)16-19-10-13-20(14-11-19)28(2)3/h5-16,21H,1-4H3/b15-12+,22-16+/t21-/m0/s1. The third-order valence-corrected chi connectivity index (χ3v) is 6.43. The first-order valence-corrected chi connectivity index (χ1v) is 11.3. The van der Waals surface area contributed by atoms with Crippen molar-refractivity contribution in [3.8, 4) is 0 Å². The molecule has 1 aromatic heterocycles. The molecule has 0 unspecified atom stereocenters.